The van der Waals surface area contributed by atoms with Crippen molar-refractivity contribution >= 4 is 34.2 Å². The molecule has 6 aliphatic rings. The number of aromatic nitrogens is 4. The van der Waals surface area contributed by atoms with Crippen LogP contribution in [0.4, 0.5) is 11.8 Å². The van der Waals surface area contributed by atoms with Crippen molar-refractivity contribution < 1.29 is 9.32 Å². The zero-order valence-electron chi connectivity index (χ0n) is 17.6. The normalized spacial score (nSPS) is 35.4. The summed E-state index contributed by atoms with van der Waals surface area (Å²) in [5, 5.41) is 14.2. The van der Waals surface area contributed by atoms with Gasteiger partial charge in [0, 0.05) is 42.6 Å². The van der Waals surface area contributed by atoms with Crippen molar-refractivity contribution in [3.63, 3.8) is 0 Å². The standard InChI is InChI=1S/C22H25ClN6O2S/c23-13-6-24-19(25-7-13)16-11-4-12(16)9-29(8-11)21-26-17-14-5-15(14)32(31)18(17)20(27-21)28-22(10-30)2-1-3-22/h6-7,11-12,14-16,30H,1-5,8-10H2,(H,26,27,28)/t11?,12?,14?,15?,16?,32-/m1/s1. The highest BCUT2D eigenvalue weighted by Gasteiger charge is 2.55. The minimum Gasteiger partial charge on any atom is -0.394 e. The van der Waals surface area contributed by atoms with Crippen LogP contribution < -0.4 is 10.2 Å². The van der Waals surface area contributed by atoms with E-state index in [1.54, 1.807) is 12.4 Å². The van der Waals surface area contributed by atoms with Crippen LogP contribution in [0.15, 0.2) is 17.3 Å². The molecule has 2 bridgehead atoms. The lowest BCUT2D eigenvalue weighted by atomic mass is 9.61. The maximum absolute atomic E-state index is 13.0. The summed E-state index contributed by atoms with van der Waals surface area (Å²) in [6.07, 6.45) is 8.41. The first-order valence-corrected chi connectivity index (χ1v) is 13.1. The average molecular weight is 473 g/mol. The van der Waals surface area contributed by atoms with E-state index in [4.69, 9.17) is 21.6 Å². The fourth-order valence-electron chi connectivity index (χ4n) is 6.12. The molecule has 10 heteroatoms. The van der Waals surface area contributed by atoms with Gasteiger partial charge in [-0.25, -0.2) is 15.0 Å². The molecule has 3 saturated carbocycles. The molecule has 4 unspecified atom stereocenters. The second-order valence-corrected chi connectivity index (χ2v) is 12.2. The van der Waals surface area contributed by atoms with E-state index in [2.05, 4.69) is 20.2 Å². The molecule has 32 heavy (non-hydrogen) atoms. The highest BCUT2D eigenvalue weighted by Crippen LogP contribution is 2.57. The van der Waals surface area contributed by atoms with E-state index in [1.165, 1.54) is 6.42 Å². The monoisotopic (exact) mass is 472 g/mol. The highest BCUT2D eigenvalue weighted by molar-refractivity contribution is 7.86. The molecule has 5 atom stereocenters. The largest absolute Gasteiger partial charge is 0.394 e. The van der Waals surface area contributed by atoms with E-state index in [1.807, 2.05) is 0 Å². The first-order chi connectivity index (χ1) is 15.5. The first-order valence-electron chi connectivity index (χ1n) is 11.5. The zero-order chi connectivity index (χ0) is 21.6. The van der Waals surface area contributed by atoms with Gasteiger partial charge in [-0.15, -0.1) is 0 Å². The lowest BCUT2D eigenvalue weighted by Crippen LogP contribution is -2.55. The molecular formula is C22H25ClN6O2S. The van der Waals surface area contributed by atoms with Gasteiger partial charge in [0.15, 0.2) is 0 Å². The maximum Gasteiger partial charge on any atom is 0.227 e. The highest BCUT2D eigenvalue weighted by atomic mass is 35.5. The van der Waals surface area contributed by atoms with Crippen LogP contribution >= 0.6 is 11.6 Å². The molecule has 3 aliphatic carbocycles. The molecule has 0 aromatic carbocycles. The number of nitrogens with zero attached hydrogens (tertiary/aromatic N) is 5. The molecule has 3 aliphatic heterocycles. The number of hydrogen-bond acceptors (Lipinski definition) is 8. The third-order valence-corrected chi connectivity index (χ3v) is 10.3. The number of halogens is 1. The molecule has 2 N–H and O–H groups in total. The van der Waals surface area contributed by atoms with Gasteiger partial charge in [-0.05, 0) is 43.9 Å². The molecule has 8 rings (SSSR count). The van der Waals surface area contributed by atoms with Gasteiger partial charge >= 0.3 is 0 Å². The predicted octanol–water partition coefficient (Wildman–Crippen LogP) is 2.46. The van der Waals surface area contributed by atoms with Crippen LogP contribution in [0, 0.1) is 11.8 Å². The van der Waals surface area contributed by atoms with E-state index in [0.717, 1.165) is 61.1 Å². The van der Waals surface area contributed by atoms with E-state index in [9.17, 15) is 9.32 Å². The summed E-state index contributed by atoms with van der Waals surface area (Å²) in [6, 6.07) is 0. The van der Waals surface area contributed by atoms with Crippen LogP contribution in [0.3, 0.4) is 0 Å². The smallest absolute Gasteiger partial charge is 0.227 e. The van der Waals surface area contributed by atoms with Crippen LogP contribution in [0.1, 0.15) is 55.5 Å². The van der Waals surface area contributed by atoms with E-state index in [0.29, 0.717) is 34.5 Å². The Morgan fingerprint density at radius 2 is 1.94 bits per heavy atom. The van der Waals surface area contributed by atoms with Gasteiger partial charge in [0.1, 0.15) is 16.5 Å². The minimum absolute atomic E-state index is 0.0667. The Bertz CT molecular complexity index is 1110. The molecule has 2 saturated heterocycles. The third-order valence-electron chi connectivity index (χ3n) is 8.19. The number of piperidine rings is 2. The van der Waals surface area contributed by atoms with E-state index in [-0.39, 0.29) is 17.4 Å². The summed E-state index contributed by atoms with van der Waals surface area (Å²) in [5.74, 6) is 3.91. The Labute approximate surface area is 193 Å². The van der Waals surface area contributed by atoms with Crippen LogP contribution in [0.2, 0.25) is 5.02 Å². The van der Waals surface area contributed by atoms with Crippen molar-refractivity contribution in [3.05, 3.63) is 28.9 Å². The number of fused-ring (bicyclic) bond motifs is 5. The van der Waals surface area contributed by atoms with Crippen molar-refractivity contribution in [3.8, 4) is 0 Å². The van der Waals surface area contributed by atoms with Gasteiger partial charge in [0.25, 0.3) is 0 Å². The Balaban J connectivity index is 1.19. The summed E-state index contributed by atoms with van der Waals surface area (Å²) in [4.78, 5) is 21.9. The Kier molecular flexibility index (Phi) is 4.19. The molecule has 0 radical (unpaired) electrons. The fourth-order valence-corrected chi connectivity index (χ4v) is 8.02. The summed E-state index contributed by atoms with van der Waals surface area (Å²) >= 11 is 5.97. The molecule has 168 valence electrons. The molecule has 8 nitrogen and oxygen atoms in total. The molecule has 0 spiro atoms. The van der Waals surface area contributed by atoms with Gasteiger partial charge in [0.2, 0.25) is 5.95 Å². The zero-order valence-corrected chi connectivity index (χ0v) is 19.1. The number of rotatable bonds is 5. The first kappa shape index (κ1) is 19.6. The van der Waals surface area contributed by atoms with Gasteiger partial charge < -0.3 is 15.3 Å². The van der Waals surface area contributed by atoms with Gasteiger partial charge in [-0.3, -0.25) is 4.21 Å². The maximum atomic E-state index is 13.0. The molecule has 2 aromatic rings. The van der Waals surface area contributed by atoms with E-state index >= 15 is 0 Å². The van der Waals surface area contributed by atoms with Gasteiger partial charge in [-0.1, -0.05) is 11.6 Å². The summed E-state index contributed by atoms with van der Waals surface area (Å²) < 4.78 is 13.0. The predicted molar refractivity (Wildman–Crippen MR) is 120 cm³/mol. The SMILES string of the molecule is O=[S@]1c2c(NC3(CO)CCC3)nc(N3CC4CC(C3)C4c3ncc(Cl)cn3)nc2C2CC21. The molecule has 5 heterocycles. The lowest BCUT2D eigenvalue weighted by molar-refractivity contribution is 0.104. The second kappa shape index (κ2) is 6.84. The number of nitrogens with one attached hydrogen (secondary N) is 1. The van der Waals surface area contributed by atoms with Crippen LogP contribution in [0.5, 0.6) is 0 Å². The molecule has 2 aromatic heterocycles. The third kappa shape index (κ3) is 2.80. The summed E-state index contributed by atoms with van der Waals surface area (Å²) in [7, 11) is -1.05. The second-order valence-electron chi connectivity index (χ2n) is 10.1. The van der Waals surface area contributed by atoms with Crippen molar-refractivity contribution in [1.29, 1.82) is 0 Å². The average Bonchev–Trinajstić information content (AvgIpc) is 3.52. The quantitative estimate of drug-likeness (QED) is 0.683. The summed E-state index contributed by atoms with van der Waals surface area (Å²) in [5.41, 5.74) is 0.627. The van der Waals surface area contributed by atoms with Crippen LogP contribution in [-0.4, -0.2) is 59.7 Å². The van der Waals surface area contributed by atoms with Crippen LogP contribution in [0.25, 0.3) is 0 Å². The van der Waals surface area contributed by atoms with Crippen molar-refractivity contribution in [2.24, 2.45) is 11.8 Å². The van der Waals surface area contributed by atoms with Crippen LogP contribution in [-0.2, 0) is 10.8 Å². The van der Waals surface area contributed by atoms with Crippen molar-refractivity contribution in [2.75, 3.05) is 29.9 Å². The van der Waals surface area contributed by atoms with Crippen molar-refractivity contribution in [2.45, 2.75) is 59.6 Å². The Hall–Kier alpha value is -1.84. The summed E-state index contributed by atoms with van der Waals surface area (Å²) in [6.45, 7) is 1.80. The number of aliphatic hydroxyl groups excluding tert-OH is 1. The lowest BCUT2D eigenvalue weighted by Gasteiger charge is -2.52. The van der Waals surface area contributed by atoms with Gasteiger partial charge in [-0.2, -0.15) is 4.98 Å². The van der Waals surface area contributed by atoms with Crippen molar-refractivity contribution in [1.82, 2.24) is 19.9 Å². The minimum atomic E-state index is -1.05. The molecule has 5 fully saturated rings. The Morgan fingerprint density at radius 3 is 2.59 bits per heavy atom. The number of hydrogen-bond donors (Lipinski definition) is 2. The Morgan fingerprint density at radius 1 is 1.19 bits per heavy atom. The number of aliphatic hydroxyl groups is 1. The number of anilines is 2. The van der Waals surface area contributed by atoms with E-state index < -0.39 is 10.8 Å². The molecule has 0 amide bonds. The fraction of sp³-hybridized carbons (Fsp3) is 0.636. The van der Waals surface area contributed by atoms with Gasteiger partial charge in [0.05, 0.1) is 33.7 Å². The molecular weight excluding hydrogens is 448 g/mol. The topological polar surface area (TPSA) is 104 Å².